The summed E-state index contributed by atoms with van der Waals surface area (Å²) in [4.78, 5) is 20.0. The summed E-state index contributed by atoms with van der Waals surface area (Å²) in [5.41, 5.74) is 0. The van der Waals surface area contributed by atoms with E-state index in [-0.39, 0.29) is 18.6 Å². The molecule has 0 rings (SSSR count). The van der Waals surface area contributed by atoms with E-state index in [1.54, 1.807) is 0 Å². The van der Waals surface area contributed by atoms with Gasteiger partial charge in [0.15, 0.2) is 13.1 Å². The number of likely N-dealkylation sites (N-methyl/N-ethyl adjacent to an activating group) is 2. The molecular formula is C10H24N2O5. The zero-order valence-electron chi connectivity index (χ0n) is 11.4. The fourth-order valence-corrected chi connectivity index (χ4v) is 0.812. The highest BCUT2D eigenvalue weighted by atomic mass is 16.4. The van der Waals surface area contributed by atoms with Crippen LogP contribution >= 0.6 is 0 Å². The summed E-state index contributed by atoms with van der Waals surface area (Å²) >= 11 is 0. The molecule has 0 saturated carbocycles. The van der Waals surface area contributed by atoms with Gasteiger partial charge < -0.3 is 24.7 Å². The minimum Gasteiger partial charge on any atom is -2.00 e. The summed E-state index contributed by atoms with van der Waals surface area (Å²) in [6.45, 7) is 0.361. The second kappa shape index (κ2) is 7.99. The van der Waals surface area contributed by atoms with Gasteiger partial charge in [0.2, 0.25) is 0 Å². The molecule has 0 aliphatic heterocycles. The van der Waals surface area contributed by atoms with Crippen molar-refractivity contribution in [3.63, 3.8) is 0 Å². The number of quaternary nitrogens is 2. The second-order valence-electron chi connectivity index (χ2n) is 5.68. The van der Waals surface area contributed by atoms with Gasteiger partial charge in [-0.2, -0.15) is 0 Å². The summed E-state index contributed by atoms with van der Waals surface area (Å²) in [6, 6.07) is 0. The van der Waals surface area contributed by atoms with Crippen LogP contribution in [-0.2, 0) is 15.1 Å². The third-order valence-electron chi connectivity index (χ3n) is 1.22. The van der Waals surface area contributed by atoms with Crippen LogP contribution in [0.3, 0.4) is 0 Å². The van der Waals surface area contributed by atoms with E-state index in [0.29, 0.717) is 8.97 Å². The predicted octanol–water partition coefficient (Wildman–Crippen LogP) is -0.564. The Morgan fingerprint density at radius 2 is 0.941 bits per heavy atom. The zero-order chi connectivity index (χ0) is 13.6. The average molecular weight is 252 g/mol. The second-order valence-corrected chi connectivity index (χ2v) is 5.68. The molecule has 17 heavy (non-hydrogen) atoms. The summed E-state index contributed by atoms with van der Waals surface area (Å²) in [5, 5.41) is 16.5. The number of carbonyl (C=O) groups is 2. The quantitative estimate of drug-likeness (QED) is 0.654. The lowest BCUT2D eigenvalue weighted by Gasteiger charge is -2.20. The first kappa shape index (κ1) is 21.1. The van der Waals surface area contributed by atoms with Gasteiger partial charge in [0.1, 0.15) is 0 Å². The standard InChI is InChI=1S/2C5H11NO2.O/c2*1-6(2,3)4-5(7)8;/h2*4H2,1-3H3;/q;;-2/p+2. The summed E-state index contributed by atoms with van der Waals surface area (Å²) < 4.78 is 0.963. The average Bonchev–Trinajstić information content (AvgIpc) is 1.72. The van der Waals surface area contributed by atoms with Gasteiger partial charge in [-0.3, -0.25) is 0 Å². The molecule has 0 unspecified atom stereocenters. The first-order chi connectivity index (χ1) is 6.83. The Bertz CT molecular complexity index is 214. The Hall–Kier alpha value is -1.18. The first-order valence-electron chi connectivity index (χ1n) is 4.88. The van der Waals surface area contributed by atoms with E-state index in [9.17, 15) is 9.59 Å². The van der Waals surface area contributed by atoms with Crippen LogP contribution in [-0.4, -0.2) is 86.5 Å². The van der Waals surface area contributed by atoms with Crippen LogP contribution < -0.4 is 0 Å². The van der Waals surface area contributed by atoms with Crippen molar-refractivity contribution in [2.75, 3.05) is 55.4 Å². The molecule has 0 aromatic rings. The number of aliphatic carboxylic acids is 2. The van der Waals surface area contributed by atoms with Crippen LogP contribution in [0.5, 0.6) is 0 Å². The van der Waals surface area contributed by atoms with E-state index >= 15 is 0 Å². The monoisotopic (exact) mass is 252 g/mol. The summed E-state index contributed by atoms with van der Waals surface area (Å²) in [5.74, 6) is -1.50. The molecule has 0 saturated heterocycles. The van der Waals surface area contributed by atoms with Gasteiger partial charge in [0.25, 0.3) is 0 Å². The maximum Gasteiger partial charge on any atom is 0.359 e. The van der Waals surface area contributed by atoms with Gasteiger partial charge >= 0.3 is 11.9 Å². The minimum atomic E-state index is -0.752. The number of hydrogen-bond acceptors (Lipinski definition) is 2. The van der Waals surface area contributed by atoms with Crippen molar-refractivity contribution < 1.29 is 34.2 Å². The van der Waals surface area contributed by atoms with Crippen molar-refractivity contribution in [3.05, 3.63) is 0 Å². The van der Waals surface area contributed by atoms with Crippen molar-refractivity contribution in [3.8, 4) is 0 Å². The lowest BCUT2D eigenvalue weighted by atomic mass is 10.5. The Balaban J connectivity index is -0.000000218. The molecule has 0 aromatic carbocycles. The Kier molecular flexibility index (Phi) is 9.94. The Morgan fingerprint density at radius 3 is 0.941 bits per heavy atom. The molecule has 0 aliphatic carbocycles. The smallest absolute Gasteiger partial charge is 0.359 e. The molecule has 104 valence electrons. The number of hydrogen-bond donors (Lipinski definition) is 2. The van der Waals surface area contributed by atoms with E-state index in [2.05, 4.69) is 0 Å². The van der Waals surface area contributed by atoms with Gasteiger partial charge in [0.05, 0.1) is 42.3 Å². The lowest BCUT2D eigenvalue weighted by Crippen LogP contribution is -2.39. The summed E-state index contributed by atoms with van der Waals surface area (Å²) in [7, 11) is 11.0. The highest BCUT2D eigenvalue weighted by molar-refractivity contribution is 5.68. The van der Waals surface area contributed by atoms with Crippen molar-refractivity contribution in [2.45, 2.75) is 0 Å². The van der Waals surface area contributed by atoms with Crippen LogP contribution in [0, 0.1) is 0 Å². The van der Waals surface area contributed by atoms with Gasteiger partial charge in [-0.15, -0.1) is 0 Å². The molecule has 0 radical (unpaired) electrons. The van der Waals surface area contributed by atoms with Crippen molar-refractivity contribution in [1.82, 2.24) is 0 Å². The highest BCUT2D eigenvalue weighted by Gasteiger charge is 2.11. The van der Waals surface area contributed by atoms with E-state index in [0.717, 1.165) is 0 Å². The fourth-order valence-electron chi connectivity index (χ4n) is 0.812. The predicted molar refractivity (Wildman–Crippen MR) is 61.8 cm³/mol. The lowest BCUT2D eigenvalue weighted by molar-refractivity contribution is -0.862. The molecule has 2 N–H and O–H groups in total. The number of carboxylic acid groups (broad SMARTS) is 2. The molecule has 0 amide bonds. The maximum absolute atomic E-state index is 10.00. The maximum atomic E-state index is 10.00. The highest BCUT2D eigenvalue weighted by Crippen LogP contribution is 1.87. The molecule has 0 bridgehead atoms. The van der Waals surface area contributed by atoms with Crippen molar-refractivity contribution >= 4 is 11.9 Å². The summed E-state index contributed by atoms with van der Waals surface area (Å²) in [6.07, 6.45) is 0. The Morgan fingerprint density at radius 1 is 0.765 bits per heavy atom. The Labute approximate surface area is 102 Å². The van der Waals surface area contributed by atoms with Crippen LogP contribution in [0.2, 0.25) is 0 Å². The first-order valence-corrected chi connectivity index (χ1v) is 4.88. The van der Waals surface area contributed by atoms with E-state index in [4.69, 9.17) is 10.2 Å². The number of rotatable bonds is 4. The molecule has 0 aliphatic rings. The molecular weight excluding hydrogens is 228 g/mol. The molecule has 7 nitrogen and oxygen atoms in total. The van der Waals surface area contributed by atoms with Gasteiger partial charge in [-0.25, -0.2) is 9.59 Å². The van der Waals surface area contributed by atoms with Crippen molar-refractivity contribution in [2.24, 2.45) is 0 Å². The van der Waals surface area contributed by atoms with Crippen LogP contribution in [0.15, 0.2) is 0 Å². The SMILES string of the molecule is C[N+](C)(C)CC(=O)O.C[N+](C)(C)CC(=O)O.[O-2]. The largest absolute Gasteiger partial charge is 2.00 e. The van der Waals surface area contributed by atoms with Gasteiger partial charge in [-0.1, -0.05) is 0 Å². The molecule has 0 fully saturated rings. The van der Waals surface area contributed by atoms with E-state index in [1.807, 2.05) is 42.3 Å². The third kappa shape index (κ3) is 31.3. The topological polar surface area (TPSA) is 103 Å². The molecule has 0 atom stereocenters. The number of carboxylic acids is 2. The zero-order valence-corrected chi connectivity index (χ0v) is 11.4. The molecule has 7 heteroatoms. The normalized spacial score (nSPS) is 10.7. The van der Waals surface area contributed by atoms with E-state index < -0.39 is 11.9 Å². The number of nitrogens with zero attached hydrogens (tertiary/aromatic N) is 2. The van der Waals surface area contributed by atoms with Gasteiger partial charge in [-0.05, 0) is 0 Å². The minimum absolute atomic E-state index is 0. The van der Waals surface area contributed by atoms with Crippen LogP contribution in [0.25, 0.3) is 0 Å². The van der Waals surface area contributed by atoms with Crippen LogP contribution in [0.4, 0.5) is 0 Å². The fraction of sp³-hybridized carbons (Fsp3) is 0.800. The molecule has 0 spiro atoms. The third-order valence-corrected chi connectivity index (χ3v) is 1.22. The molecule has 0 heterocycles. The van der Waals surface area contributed by atoms with Crippen LogP contribution in [0.1, 0.15) is 0 Å². The van der Waals surface area contributed by atoms with Gasteiger partial charge in [0, 0.05) is 0 Å². The van der Waals surface area contributed by atoms with Crippen molar-refractivity contribution in [1.29, 1.82) is 0 Å². The molecule has 0 aromatic heterocycles. The van der Waals surface area contributed by atoms with E-state index in [1.165, 1.54) is 0 Å².